The molecule has 0 aliphatic rings. The predicted molar refractivity (Wildman–Crippen MR) is 59.2 cm³/mol. The van der Waals surface area contributed by atoms with Gasteiger partial charge in [0.15, 0.2) is 0 Å². The number of nitrogens with one attached hydrogen (secondary N) is 1. The van der Waals surface area contributed by atoms with Gasteiger partial charge >= 0.3 is 0 Å². The molecule has 0 rings (SSSR count). The van der Waals surface area contributed by atoms with Gasteiger partial charge in [0.2, 0.25) is 10.0 Å². The molecule has 1 unspecified atom stereocenters. The zero-order valence-corrected chi connectivity index (χ0v) is 10.2. The Bertz CT molecular complexity index is 221. The fraction of sp³-hybridized carbons (Fsp3) is 1.00. The van der Waals surface area contributed by atoms with Crippen molar-refractivity contribution in [1.82, 2.24) is 4.72 Å². The number of halogens is 1. The monoisotopic (exact) mass is 246 g/mol. The zero-order valence-electron chi connectivity index (χ0n) is 8.52. The van der Waals surface area contributed by atoms with Crippen molar-refractivity contribution >= 4 is 22.4 Å². The second-order valence-electron chi connectivity index (χ2n) is 2.85. The van der Waals surface area contributed by atoms with Crippen molar-refractivity contribution < 1.29 is 13.2 Å². The van der Waals surface area contributed by atoms with Crippen LogP contribution in [0.1, 0.15) is 13.3 Å². The fourth-order valence-electron chi connectivity index (χ4n) is 0.783. The quantitative estimate of drug-likeness (QED) is 0.605. The van der Waals surface area contributed by atoms with E-state index in [1.807, 2.05) is 0 Å². The molecule has 0 aromatic heterocycles. The lowest BCUT2D eigenvalue weighted by Gasteiger charge is -2.12. The summed E-state index contributed by atoms with van der Waals surface area (Å²) in [4.78, 5) is 0. The highest BCUT2D eigenvalue weighted by atomic mass is 35.5. The highest BCUT2D eigenvalue weighted by Crippen LogP contribution is 1.97. The molecule has 0 spiro atoms. The molecular weight excluding hydrogens is 228 g/mol. The first-order valence-electron chi connectivity index (χ1n) is 4.22. The Morgan fingerprint density at radius 2 is 2.07 bits per heavy atom. The van der Waals surface area contributed by atoms with Gasteiger partial charge in [0, 0.05) is 13.7 Å². The Labute approximate surface area is 91.8 Å². The van der Waals surface area contributed by atoms with Crippen LogP contribution in [0.25, 0.3) is 0 Å². The van der Waals surface area contributed by atoms with Gasteiger partial charge in [-0.05, 0) is 19.9 Å². The van der Waals surface area contributed by atoms with Crippen molar-refractivity contribution in [3.8, 4) is 0 Å². The number of ether oxygens (including phenoxy) is 1. The van der Waals surface area contributed by atoms with Crippen LogP contribution in [0, 0.1) is 0 Å². The molecular formula is C7H19ClN2O3S. The van der Waals surface area contributed by atoms with E-state index in [9.17, 15) is 8.42 Å². The van der Waals surface area contributed by atoms with Crippen LogP contribution in [-0.2, 0) is 14.8 Å². The van der Waals surface area contributed by atoms with Crippen LogP contribution < -0.4 is 10.5 Å². The summed E-state index contributed by atoms with van der Waals surface area (Å²) in [6.07, 6.45) is 0.652. The first-order chi connectivity index (χ1) is 6.04. The molecule has 0 aliphatic heterocycles. The van der Waals surface area contributed by atoms with E-state index in [1.165, 1.54) is 7.11 Å². The first-order valence-corrected chi connectivity index (χ1v) is 5.76. The number of hydrogen-bond donors (Lipinski definition) is 2. The van der Waals surface area contributed by atoms with Crippen LogP contribution >= 0.6 is 12.4 Å². The number of methoxy groups -OCH3 is 1. The van der Waals surface area contributed by atoms with E-state index < -0.39 is 15.3 Å². The Balaban J connectivity index is 0. The van der Waals surface area contributed by atoms with Gasteiger partial charge in [0.05, 0.1) is 11.9 Å². The SMILES string of the molecule is COCC(C)S(=O)(=O)NCCCN.Cl. The molecule has 0 aromatic carbocycles. The van der Waals surface area contributed by atoms with E-state index in [-0.39, 0.29) is 19.0 Å². The third-order valence-corrected chi connectivity index (χ3v) is 3.42. The first kappa shape index (κ1) is 16.5. The van der Waals surface area contributed by atoms with E-state index in [2.05, 4.69) is 4.72 Å². The second kappa shape index (κ2) is 8.43. The Morgan fingerprint density at radius 1 is 1.50 bits per heavy atom. The topological polar surface area (TPSA) is 81.4 Å². The minimum atomic E-state index is -3.23. The summed E-state index contributed by atoms with van der Waals surface area (Å²) in [5.41, 5.74) is 5.23. The molecule has 0 fully saturated rings. The zero-order chi connectivity index (χ0) is 10.3. The van der Waals surface area contributed by atoms with Crippen LogP contribution in [0.15, 0.2) is 0 Å². The highest BCUT2D eigenvalue weighted by Gasteiger charge is 2.19. The van der Waals surface area contributed by atoms with Crippen LogP contribution in [0.2, 0.25) is 0 Å². The number of sulfonamides is 1. The third-order valence-electron chi connectivity index (χ3n) is 1.62. The van der Waals surface area contributed by atoms with E-state index in [0.717, 1.165) is 0 Å². The van der Waals surface area contributed by atoms with Crippen molar-refractivity contribution in [1.29, 1.82) is 0 Å². The maximum absolute atomic E-state index is 11.4. The Hall–Kier alpha value is 0.120. The summed E-state index contributed by atoms with van der Waals surface area (Å²) < 4.78 is 29.9. The molecule has 0 amide bonds. The van der Waals surface area contributed by atoms with E-state index in [1.54, 1.807) is 6.92 Å². The summed E-state index contributed by atoms with van der Waals surface area (Å²) in [7, 11) is -1.75. The summed E-state index contributed by atoms with van der Waals surface area (Å²) in [6.45, 7) is 2.69. The smallest absolute Gasteiger partial charge is 0.216 e. The minimum absolute atomic E-state index is 0. The molecule has 88 valence electrons. The van der Waals surface area contributed by atoms with Gasteiger partial charge in [-0.25, -0.2) is 13.1 Å². The lowest BCUT2D eigenvalue weighted by Crippen LogP contribution is -2.36. The van der Waals surface area contributed by atoms with Crippen molar-refractivity contribution in [3.05, 3.63) is 0 Å². The number of hydrogen-bond acceptors (Lipinski definition) is 4. The average molecular weight is 247 g/mol. The molecule has 0 aromatic rings. The normalized spacial score (nSPS) is 13.4. The molecule has 0 aliphatic carbocycles. The summed E-state index contributed by atoms with van der Waals surface area (Å²) in [5.74, 6) is 0. The maximum Gasteiger partial charge on any atom is 0.216 e. The van der Waals surface area contributed by atoms with Crippen molar-refractivity contribution in [2.24, 2.45) is 5.73 Å². The molecule has 5 nitrogen and oxygen atoms in total. The molecule has 0 saturated carbocycles. The Morgan fingerprint density at radius 3 is 2.50 bits per heavy atom. The lowest BCUT2D eigenvalue weighted by molar-refractivity contribution is 0.200. The van der Waals surface area contributed by atoms with Crippen LogP contribution in [-0.4, -0.2) is 40.5 Å². The lowest BCUT2D eigenvalue weighted by atomic mass is 10.4. The van der Waals surface area contributed by atoms with E-state index in [4.69, 9.17) is 10.5 Å². The van der Waals surface area contributed by atoms with Crippen molar-refractivity contribution in [2.45, 2.75) is 18.6 Å². The van der Waals surface area contributed by atoms with Crippen LogP contribution in [0.3, 0.4) is 0 Å². The molecule has 0 heterocycles. The van der Waals surface area contributed by atoms with E-state index in [0.29, 0.717) is 19.5 Å². The van der Waals surface area contributed by atoms with Gasteiger partial charge in [-0.2, -0.15) is 0 Å². The van der Waals surface area contributed by atoms with Gasteiger partial charge in [-0.1, -0.05) is 0 Å². The molecule has 0 bridgehead atoms. The average Bonchev–Trinajstić information content (AvgIpc) is 2.05. The predicted octanol–water partition coefficient (Wildman–Crippen LogP) is -0.289. The summed E-state index contributed by atoms with van der Waals surface area (Å²) in [6, 6.07) is 0. The molecule has 3 N–H and O–H groups in total. The van der Waals surface area contributed by atoms with Crippen LogP contribution in [0.4, 0.5) is 0 Å². The summed E-state index contributed by atoms with van der Waals surface area (Å²) in [5, 5.41) is -0.518. The van der Waals surface area contributed by atoms with Gasteiger partial charge < -0.3 is 10.5 Å². The van der Waals surface area contributed by atoms with Gasteiger partial charge in [0.25, 0.3) is 0 Å². The van der Waals surface area contributed by atoms with Crippen molar-refractivity contribution in [2.75, 3.05) is 26.8 Å². The van der Waals surface area contributed by atoms with Gasteiger partial charge in [-0.3, -0.25) is 0 Å². The maximum atomic E-state index is 11.4. The minimum Gasteiger partial charge on any atom is -0.383 e. The number of rotatable bonds is 7. The molecule has 14 heavy (non-hydrogen) atoms. The second-order valence-corrected chi connectivity index (χ2v) is 5.03. The van der Waals surface area contributed by atoms with Gasteiger partial charge in [0.1, 0.15) is 0 Å². The third kappa shape index (κ3) is 6.56. The molecule has 7 heteroatoms. The van der Waals surface area contributed by atoms with Crippen molar-refractivity contribution in [3.63, 3.8) is 0 Å². The van der Waals surface area contributed by atoms with E-state index >= 15 is 0 Å². The van der Waals surface area contributed by atoms with Crippen LogP contribution in [0.5, 0.6) is 0 Å². The fourth-order valence-corrected chi connectivity index (χ4v) is 1.81. The number of nitrogens with two attached hydrogens (primary N) is 1. The Kier molecular flexibility index (Phi) is 9.96. The standard InChI is InChI=1S/C7H18N2O3S.ClH/c1-7(6-12-2)13(10,11)9-5-3-4-8;/h7,9H,3-6,8H2,1-2H3;1H. The molecule has 0 saturated heterocycles. The molecule has 1 atom stereocenters. The summed E-state index contributed by atoms with van der Waals surface area (Å²) >= 11 is 0. The largest absolute Gasteiger partial charge is 0.383 e. The molecule has 0 radical (unpaired) electrons. The van der Waals surface area contributed by atoms with Gasteiger partial charge in [-0.15, -0.1) is 12.4 Å². The highest BCUT2D eigenvalue weighted by molar-refractivity contribution is 7.90.